The van der Waals surface area contributed by atoms with Crippen molar-refractivity contribution in [1.29, 1.82) is 0 Å². The van der Waals surface area contributed by atoms with E-state index >= 15 is 0 Å². The molecule has 1 atom stereocenters. The standard InChI is InChI=1S/C16H25NO2/c1-13(2)19-16-7-5-15(6-8-16)17-10-3-4-14(12-17)9-11-18/h5-8,13-14,18H,3-4,9-12H2,1-2H3. The van der Waals surface area contributed by atoms with Crippen LogP contribution < -0.4 is 9.64 Å². The Morgan fingerprint density at radius 1 is 1.32 bits per heavy atom. The fourth-order valence-electron chi connectivity index (χ4n) is 2.73. The van der Waals surface area contributed by atoms with Gasteiger partial charge in [0.05, 0.1) is 6.10 Å². The lowest BCUT2D eigenvalue weighted by molar-refractivity contribution is 0.242. The fourth-order valence-corrected chi connectivity index (χ4v) is 2.73. The van der Waals surface area contributed by atoms with E-state index in [4.69, 9.17) is 9.84 Å². The average molecular weight is 263 g/mol. The molecule has 2 rings (SSSR count). The maximum atomic E-state index is 9.06. The molecule has 1 aliphatic rings. The van der Waals surface area contributed by atoms with Crippen LogP contribution in [-0.2, 0) is 0 Å². The largest absolute Gasteiger partial charge is 0.491 e. The lowest BCUT2D eigenvalue weighted by atomic mass is 9.95. The van der Waals surface area contributed by atoms with E-state index in [1.54, 1.807) is 0 Å². The van der Waals surface area contributed by atoms with E-state index < -0.39 is 0 Å². The van der Waals surface area contributed by atoms with Crippen molar-refractivity contribution in [2.24, 2.45) is 5.92 Å². The van der Waals surface area contributed by atoms with E-state index in [0.29, 0.717) is 12.5 Å². The normalized spacial score (nSPS) is 19.8. The number of anilines is 1. The number of hydrogen-bond acceptors (Lipinski definition) is 3. The summed E-state index contributed by atoms with van der Waals surface area (Å²) in [6.45, 7) is 6.56. The molecule has 0 radical (unpaired) electrons. The summed E-state index contributed by atoms with van der Waals surface area (Å²) in [5.74, 6) is 1.56. The molecule has 1 aromatic rings. The van der Waals surface area contributed by atoms with Crippen LogP contribution in [0.2, 0.25) is 0 Å². The summed E-state index contributed by atoms with van der Waals surface area (Å²) in [6, 6.07) is 8.37. The number of rotatable bonds is 5. The molecule has 106 valence electrons. The molecular formula is C16H25NO2. The summed E-state index contributed by atoms with van der Waals surface area (Å²) in [6.07, 6.45) is 3.60. The second-order valence-electron chi connectivity index (χ2n) is 5.63. The molecule has 0 aliphatic carbocycles. The molecule has 0 saturated carbocycles. The zero-order valence-electron chi connectivity index (χ0n) is 12.0. The average Bonchev–Trinajstić information content (AvgIpc) is 2.40. The minimum Gasteiger partial charge on any atom is -0.491 e. The van der Waals surface area contributed by atoms with Gasteiger partial charge in [0.1, 0.15) is 5.75 Å². The van der Waals surface area contributed by atoms with Crippen LogP contribution in [0, 0.1) is 5.92 Å². The van der Waals surface area contributed by atoms with E-state index in [0.717, 1.165) is 25.3 Å². The second-order valence-corrected chi connectivity index (χ2v) is 5.63. The van der Waals surface area contributed by atoms with Crippen molar-refractivity contribution in [3.05, 3.63) is 24.3 Å². The van der Waals surface area contributed by atoms with Gasteiger partial charge in [-0.1, -0.05) is 0 Å². The molecule has 1 saturated heterocycles. The Labute approximate surface area is 116 Å². The zero-order valence-corrected chi connectivity index (χ0v) is 12.0. The number of piperidine rings is 1. The molecule has 1 N–H and O–H groups in total. The highest BCUT2D eigenvalue weighted by Gasteiger charge is 2.19. The summed E-state index contributed by atoms with van der Waals surface area (Å²) >= 11 is 0. The van der Waals surface area contributed by atoms with Crippen molar-refractivity contribution < 1.29 is 9.84 Å². The maximum absolute atomic E-state index is 9.06. The Kier molecular flexibility index (Phi) is 5.08. The summed E-state index contributed by atoms with van der Waals surface area (Å²) in [7, 11) is 0. The third-order valence-corrected chi connectivity index (χ3v) is 3.63. The number of aliphatic hydroxyl groups is 1. The molecule has 0 aromatic heterocycles. The first-order valence-electron chi connectivity index (χ1n) is 7.31. The van der Waals surface area contributed by atoms with Crippen molar-refractivity contribution in [3.63, 3.8) is 0 Å². The molecule has 0 bridgehead atoms. The van der Waals surface area contributed by atoms with Crippen LogP contribution in [0.15, 0.2) is 24.3 Å². The number of aliphatic hydroxyl groups excluding tert-OH is 1. The molecule has 1 aromatic carbocycles. The van der Waals surface area contributed by atoms with Gasteiger partial charge in [0.25, 0.3) is 0 Å². The van der Waals surface area contributed by atoms with Gasteiger partial charge in [-0.2, -0.15) is 0 Å². The third kappa shape index (κ3) is 4.13. The first-order valence-corrected chi connectivity index (χ1v) is 7.31. The summed E-state index contributed by atoms with van der Waals surface area (Å²) in [4.78, 5) is 2.42. The molecule has 1 aliphatic heterocycles. The van der Waals surface area contributed by atoms with Crippen LogP contribution in [0.1, 0.15) is 33.1 Å². The second kappa shape index (κ2) is 6.80. The Balaban J connectivity index is 1.97. The van der Waals surface area contributed by atoms with Crippen molar-refractivity contribution in [2.45, 2.75) is 39.2 Å². The van der Waals surface area contributed by atoms with Gasteiger partial charge in [-0.15, -0.1) is 0 Å². The lowest BCUT2D eigenvalue weighted by Gasteiger charge is -2.34. The highest BCUT2D eigenvalue weighted by molar-refractivity contribution is 5.49. The number of benzene rings is 1. The molecule has 19 heavy (non-hydrogen) atoms. The predicted molar refractivity (Wildman–Crippen MR) is 78.8 cm³/mol. The quantitative estimate of drug-likeness (QED) is 0.886. The summed E-state index contributed by atoms with van der Waals surface area (Å²) < 4.78 is 5.66. The van der Waals surface area contributed by atoms with Crippen molar-refractivity contribution >= 4 is 5.69 Å². The first-order chi connectivity index (χ1) is 9.19. The Hall–Kier alpha value is -1.22. The van der Waals surface area contributed by atoms with Crippen LogP contribution in [0.5, 0.6) is 5.75 Å². The topological polar surface area (TPSA) is 32.7 Å². The van der Waals surface area contributed by atoms with E-state index in [1.165, 1.54) is 18.5 Å². The van der Waals surface area contributed by atoms with Crippen LogP contribution >= 0.6 is 0 Å². The van der Waals surface area contributed by atoms with Gasteiger partial charge in [-0.3, -0.25) is 0 Å². The minimum atomic E-state index is 0.217. The molecule has 3 nitrogen and oxygen atoms in total. The smallest absolute Gasteiger partial charge is 0.119 e. The molecule has 3 heteroatoms. The van der Waals surface area contributed by atoms with E-state index in [-0.39, 0.29) is 6.10 Å². The molecule has 0 amide bonds. The molecule has 1 fully saturated rings. The summed E-state index contributed by atoms with van der Waals surface area (Å²) in [5.41, 5.74) is 1.26. The Morgan fingerprint density at radius 3 is 2.68 bits per heavy atom. The molecule has 1 heterocycles. The van der Waals surface area contributed by atoms with Crippen molar-refractivity contribution in [3.8, 4) is 5.75 Å². The minimum absolute atomic E-state index is 0.217. The highest BCUT2D eigenvalue weighted by Crippen LogP contribution is 2.26. The van der Waals surface area contributed by atoms with Crippen molar-refractivity contribution in [1.82, 2.24) is 0 Å². The number of nitrogens with zero attached hydrogens (tertiary/aromatic N) is 1. The van der Waals surface area contributed by atoms with Gasteiger partial charge >= 0.3 is 0 Å². The maximum Gasteiger partial charge on any atom is 0.119 e. The van der Waals surface area contributed by atoms with Gasteiger partial charge in [0.15, 0.2) is 0 Å². The number of ether oxygens (including phenoxy) is 1. The third-order valence-electron chi connectivity index (χ3n) is 3.63. The predicted octanol–water partition coefficient (Wildman–Crippen LogP) is 3.07. The molecule has 1 unspecified atom stereocenters. The zero-order chi connectivity index (χ0) is 13.7. The number of hydrogen-bond donors (Lipinski definition) is 1. The van der Waals surface area contributed by atoms with Crippen LogP contribution in [0.4, 0.5) is 5.69 Å². The van der Waals surface area contributed by atoms with Crippen LogP contribution in [0.3, 0.4) is 0 Å². The highest BCUT2D eigenvalue weighted by atomic mass is 16.5. The van der Waals surface area contributed by atoms with Gasteiger partial charge in [0.2, 0.25) is 0 Å². The van der Waals surface area contributed by atoms with E-state index in [2.05, 4.69) is 17.0 Å². The van der Waals surface area contributed by atoms with Crippen molar-refractivity contribution in [2.75, 3.05) is 24.6 Å². The molecule has 0 spiro atoms. The Bertz CT molecular complexity index is 373. The van der Waals surface area contributed by atoms with Gasteiger partial charge in [0, 0.05) is 25.4 Å². The van der Waals surface area contributed by atoms with Crippen LogP contribution in [0.25, 0.3) is 0 Å². The molecular weight excluding hydrogens is 238 g/mol. The van der Waals surface area contributed by atoms with Crippen LogP contribution in [-0.4, -0.2) is 30.9 Å². The summed E-state index contributed by atoms with van der Waals surface area (Å²) in [5, 5.41) is 9.06. The monoisotopic (exact) mass is 263 g/mol. The van der Waals surface area contributed by atoms with E-state index in [1.807, 2.05) is 26.0 Å². The SMILES string of the molecule is CC(C)Oc1ccc(N2CCCC(CCO)C2)cc1. The van der Waals surface area contributed by atoms with E-state index in [9.17, 15) is 0 Å². The fraction of sp³-hybridized carbons (Fsp3) is 0.625. The van der Waals surface area contributed by atoms with Gasteiger partial charge < -0.3 is 14.7 Å². The van der Waals surface area contributed by atoms with Gasteiger partial charge in [-0.05, 0) is 63.3 Å². The first kappa shape index (κ1) is 14.2. The van der Waals surface area contributed by atoms with Gasteiger partial charge in [-0.25, -0.2) is 0 Å². The Morgan fingerprint density at radius 2 is 2.05 bits per heavy atom. The lowest BCUT2D eigenvalue weighted by Crippen LogP contribution is -2.35.